The molecule has 15 rings (SSSR count). The lowest BCUT2D eigenvalue weighted by Gasteiger charge is -2.20. The number of ether oxygens (including phenoxy) is 7. The Kier molecular flexibility index (Phi) is 29.4. The number of esters is 7. The number of allylic oxidation sites excluding steroid dienone is 2. The number of aliphatic hydroxyl groups is 3. The summed E-state index contributed by atoms with van der Waals surface area (Å²) in [6.07, 6.45) is 20.1. The number of nitro benzene ring substituents is 1. The highest BCUT2D eigenvalue weighted by Gasteiger charge is 2.53. The fourth-order valence-corrected chi connectivity index (χ4v) is 17.0. The van der Waals surface area contributed by atoms with Gasteiger partial charge in [0.15, 0.2) is 5.78 Å². The number of hydrogen-bond acceptors (Lipinski definition) is 20. The summed E-state index contributed by atoms with van der Waals surface area (Å²) in [5.41, 5.74) is 5.80. The molecule has 21 heteroatoms. The molecule has 4 saturated heterocycles. The number of aliphatic hydroxyl groups excluding tert-OH is 3. The van der Waals surface area contributed by atoms with Crippen LogP contribution in [-0.4, -0.2) is 129 Å². The number of fused-ring (bicyclic) bond motifs is 4. The second kappa shape index (κ2) is 40.7. The van der Waals surface area contributed by atoms with Crippen molar-refractivity contribution < 1.29 is 91.8 Å². The van der Waals surface area contributed by atoms with Crippen LogP contribution in [0.25, 0.3) is 0 Å². The maximum Gasteiger partial charge on any atom is 0.338 e. The van der Waals surface area contributed by atoms with Crippen molar-refractivity contribution in [1.29, 1.82) is 0 Å². The Labute approximate surface area is 669 Å². The van der Waals surface area contributed by atoms with Crippen LogP contribution in [0.1, 0.15) is 137 Å². The lowest BCUT2D eigenvalue weighted by molar-refractivity contribution is -0.384. The molecule has 8 aliphatic rings. The first-order valence-electron chi connectivity index (χ1n) is 39.9. The Bertz CT molecular complexity index is 4540. The van der Waals surface area contributed by atoms with Crippen LogP contribution in [0.5, 0.6) is 0 Å². The molecule has 19 atom stereocenters. The Hall–Kier alpha value is -11.3. The predicted molar refractivity (Wildman–Crippen MR) is 426 cm³/mol. The number of ketones is 1. The largest absolute Gasteiger partial charge is 0.462 e. The zero-order valence-electron chi connectivity index (χ0n) is 64.3. The summed E-state index contributed by atoms with van der Waals surface area (Å²) >= 11 is 0. The van der Waals surface area contributed by atoms with Crippen LogP contribution in [0.2, 0.25) is 0 Å². The van der Waals surface area contributed by atoms with Gasteiger partial charge in [0, 0.05) is 79.2 Å². The maximum atomic E-state index is 12.7. The summed E-state index contributed by atoms with van der Waals surface area (Å²) in [5.74, 6) is -1.79. The Balaban J connectivity index is 0.000000143. The summed E-state index contributed by atoms with van der Waals surface area (Å²) in [4.78, 5) is 107. The van der Waals surface area contributed by atoms with Crippen LogP contribution >= 0.6 is 0 Å². The van der Waals surface area contributed by atoms with Crippen molar-refractivity contribution in [2.45, 2.75) is 171 Å². The molecule has 4 aliphatic carbocycles. The van der Waals surface area contributed by atoms with E-state index in [0.717, 1.165) is 36.8 Å². The normalized spacial score (nSPS) is 26.7. The van der Waals surface area contributed by atoms with Crippen LogP contribution in [-0.2, 0) is 82.8 Å². The van der Waals surface area contributed by atoms with Crippen LogP contribution in [0.15, 0.2) is 255 Å². The molecular weight excluding hydrogens is 1460 g/mol. The minimum Gasteiger partial charge on any atom is -0.462 e. The van der Waals surface area contributed by atoms with E-state index >= 15 is 0 Å². The Morgan fingerprint density at radius 3 is 1.23 bits per heavy atom. The van der Waals surface area contributed by atoms with Crippen molar-refractivity contribution in [3.8, 4) is 0 Å². The molecule has 21 nitrogen and oxygen atoms in total. The number of aryl methyl sites for hydroxylation is 4. The summed E-state index contributed by atoms with van der Waals surface area (Å²) in [6.45, 7) is 2.16. The molecule has 600 valence electrons. The quantitative estimate of drug-likeness (QED) is 0.0108. The zero-order chi connectivity index (χ0) is 80.7. The summed E-state index contributed by atoms with van der Waals surface area (Å²) < 4.78 is 38.8. The second-order valence-electron chi connectivity index (χ2n) is 30.9. The third-order valence-electron chi connectivity index (χ3n) is 23.1. The Morgan fingerprint density at radius 2 is 0.791 bits per heavy atom. The summed E-state index contributed by atoms with van der Waals surface area (Å²) in [5, 5.41) is 41.4. The van der Waals surface area contributed by atoms with Gasteiger partial charge in [-0.1, -0.05) is 201 Å². The molecule has 115 heavy (non-hydrogen) atoms. The van der Waals surface area contributed by atoms with E-state index in [1.165, 1.54) is 35.4 Å². The first kappa shape index (κ1) is 83.2. The van der Waals surface area contributed by atoms with E-state index in [1.54, 1.807) is 66.8 Å². The molecule has 7 aromatic rings. The number of benzene rings is 7. The Morgan fingerprint density at radius 1 is 0.435 bits per heavy atom. The minimum absolute atomic E-state index is 0.0145. The van der Waals surface area contributed by atoms with Crippen LogP contribution < -0.4 is 0 Å². The molecule has 0 amide bonds. The molecule has 4 aliphatic heterocycles. The van der Waals surface area contributed by atoms with Crippen molar-refractivity contribution in [2.24, 2.45) is 53.3 Å². The number of nitro groups is 1. The highest BCUT2D eigenvalue weighted by atomic mass is 16.6. The van der Waals surface area contributed by atoms with Gasteiger partial charge in [-0.05, 0) is 134 Å². The van der Waals surface area contributed by atoms with E-state index in [-0.39, 0.29) is 131 Å². The van der Waals surface area contributed by atoms with Crippen molar-refractivity contribution in [3.63, 3.8) is 0 Å². The molecule has 7 aromatic carbocycles. The van der Waals surface area contributed by atoms with Gasteiger partial charge in [0.2, 0.25) is 0 Å². The molecule has 3 N–H and O–H groups in total. The first-order chi connectivity index (χ1) is 55.7. The lowest BCUT2D eigenvalue weighted by Crippen LogP contribution is -2.25. The molecule has 4 saturated carbocycles. The molecule has 8 fully saturated rings. The molecule has 0 radical (unpaired) electrons. The molecule has 0 spiro atoms. The first-order valence-corrected chi connectivity index (χ1v) is 39.9. The van der Waals surface area contributed by atoms with Gasteiger partial charge >= 0.3 is 41.8 Å². The third-order valence-corrected chi connectivity index (χ3v) is 23.1. The van der Waals surface area contributed by atoms with Crippen molar-refractivity contribution in [3.05, 3.63) is 304 Å². The van der Waals surface area contributed by atoms with Crippen LogP contribution in [0.4, 0.5) is 5.69 Å². The van der Waals surface area contributed by atoms with Crippen LogP contribution in [0, 0.1) is 63.4 Å². The van der Waals surface area contributed by atoms with E-state index in [0.29, 0.717) is 87.7 Å². The van der Waals surface area contributed by atoms with E-state index in [4.69, 9.17) is 33.2 Å². The van der Waals surface area contributed by atoms with Crippen LogP contribution in [0.3, 0.4) is 0 Å². The lowest BCUT2D eigenvalue weighted by atomic mass is 9.88. The van der Waals surface area contributed by atoms with E-state index in [1.807, 2.05) is 158 Å². The van der Waals surface area contributed by atoms with Gasteiger partial charge < -0.3 is 48.5 Å². The standard InChI is InChI=1S/C26H27NO6.C25H26O5.C25H24O5.C18H22O4/c1-17-15-24-23(16-25(28)33-24)22(17)14-13-21(12-7-18-5-3-2-4-6-18)32-26(29)19-8-10-20(11-9-19)27(30)31;2*26-19(12-11-17-7-3-1-4-8-17)13-14-20-21-15-24(27)29-23(21)16-22(20)30-25(28)18-9-5-2-6-10-18;19-13(7-6-12-4-2-1-3-5-12)8-9-14-15-10-18(21)22-17(15)11-16(14)20/h2-6,8-11,13-14,17,21-24H,7,12,15-16H2,1H3;1-10,13-14,19-23,26H,11-12,15-16H2;1-10,13-14,20-23H,11-12,15-16H2;1-5,8-9,13-17,19-20H,6-7,10-11H2/b3*14-13+;9-8+/t17-,21+,22+,23-,24+;19-,20+,21+,22+,23-;20-,21-,22-,23+;13-,14+,15+,16+,17-/m1010/s1. The average molecular weight is 1560 g/mol. The monoisotopic (exact) mass is 1560 g/mol. The smallest absolute Gasteiger partial charge is 0.338 e. The van der Waals surface area contributed by atoms with Gasteiger partial charge in [-0.15, -0.1) is 0 Å². The number of non-ortho nitro benzene ring substituents is 1. The van der Waals surface area contributed by atoms with Gasteiger partial charge in [0.25, 0.3) is 5.69 Å². The van der Waals surface area contributed by atoms with E-state index in [2.05, 4.69) is 13.0 Å². The van der Waals surface area contributed by atoms with E-state index in [9.17, 15) is 63.8 Å². The molecule has 0 bridgehead atoms. The zero-order valence-corrected chi connectivity index (χ0v) is 64.3. The number of rotatable bonds is 27. The van der Waals surface area contributed by atoms with E-state index < -0.39 is 47.4 Å². The van der Waals surface area contributed by atoms with Crippen molar-refractivity contribution in [2.75, 3.05) is 0 Å². The van der Waals surface area contributed by atoms with Gasteiger partial charge in [-0.2, -0.15) is 0 Å². The number of carbonyl (C=O) groups excluding carboxylic acids is 8. The number of hydrogen-bond donors (Lipinski definition) is 3. The number of carbonyl (C=O) groups is 8. The van der Waals surface area contributed by atoms with Gasteiger partial charge in [0.1, 0.15) is 42.7 Å². The molecule has 4 heterocycles. The third kappa shape index (κ3) is 23.5. The fraction of sp³-hybridized carbons (Fsp3) is 0.383. The topological polar surface area (TPSA) is 305 Å². The molecule has 0 unspecified atom stereocenters. The predicted octanol–water partition coefficient (Wildman–Crippen LogP) is 14.4. The van der Waals surface area contributed by atoms with Gasteiger partial charge in [-0.25, -0.2) is 14.4 Å². The second-order valence-corrected chi connectivity index (χ2v) is 30.9. The fourth-order valence-electron chi connectivity index (χ4n) is 17.0. The van der Waals surface area contributed by atoms with Gasteiger partial charge in [0.05, 0.1) is 65.6 Å². The average Bonchev–Trinajstić information content (AvgIpc) is 1.65. The maximum absolute atomic E-state index is 12.7. The highest BCUT2D eigenvalue weighted by molar-refractivity contribution is 5.91. The SMILES string of the molecule is C[C@@H]1C[C@@H]2OC(=O)C[C@@H]2[C@H]1/C=C/[C@H](CCc1ccccc1)OC(=O)c1ccc([N+](=O)[O-])cc1.O=C(/C=C/[C@@H]1[C@H]2CC(=O)O[C@H]2C[C@H]1OC(=O)c1ccccc1)CCc1ccccc1.O=C1C[C@@H]2[C@@H](/C=C/[C@@H](O)CCc3ccccc3)[C@H](O)C[C@@H]2O1.O=C1C[C@@H]2[C@@H](/C=C/[C@@H](O)CCc3ccccc3)[C@H](OC(=O)c3ccccc3)C[C@@H]2O1. The summed E-state index contributed by atoms with van der Waals surface area (Å²) in [7, 11) is 0. The molecular formula is C94H99NO20. The molecule has 0 aromatic heterocycles. The van der Waals surface area contributed by atoms with Gasteiger partial charge in [-0.3, -0.25) is 34.1 Å². The number of nitrogens with zero attached hydrogens (tertiary/aromatic N) is 1. The van der Waals surface area contributed by atoms with Crippen molar-refractivity contribution >= 4 is 53.3 Å². The van der Waals surface area contributed by atoms with Crippen molar-refractivity contribution in [1.82, 2.24) is 0 Å². The highest BCUT2D eigenvalue weighted by Crippen LogP contribution is 2.48. The summed E-state index contributed by atoms with van der Waals surface area (Å²) in [6, 6.07) is 63.0. The minimum atomic E-state index is -0.604.